The molecule has 5 nitrogen and oxygen atoms in total. The lowest BCUT2D eigenvalue weighted by Crippen LogP contribution is -2.02. The third-order valence-corrected chi connectivity index (χ3v) is 3.31. The first kappa shape index (κ1) is 12.0. The van der Waals surface area contributed by atoms with E-state index in [4.69, 9.17) is 5.73 Å². The van der Waals surface area contributed by atoms with Crippen LogP contribution in [0.3, 0.4) is 0 Å². The third kappa shape index (κ3) is 2.39. The molecule has 2 aromatic heterocycles. The summed E-state index contributed by atoms with van der Waals surface area (Å²) >= 11 is 3.41. The van der Waals surface area contributed by atoms with Crippen LogP contribution in [0.2, 0.25) is 0 Å². The van der Waals surface area contributed by atoms with Gasteiger partial charge in [-0.15, -0.1) is 0 Å². The fourth-order valence-electron chi connectivity index (χ4n) is 1.93. The number of nitrogens with two attached hydrogens (primary N) is 1. The maximum Gasteiger partial charge on any atom is 0.0954 e. The summed E-state index contributed by atoms with van der Waals surface area (Å²) in [6.45, 7) is 0.663. The fraction of sp³-hybridized carbons (Fsp3) is 0.0769. The number of pyridine rings is 1. The smallest absolute Gasteiger partial charge is 0.0954 e. The topological polar surface area (TPSA) is 79.6 Å². The maximum absolute atomic E-state index is 5.98. The first-order valence-corrected chi connectivity index (χ1v) is 6.59. The van der Waals surface area contributed by atoms with Gasteiger partial charge in [0.15, 0.2) is 0 Å². The van der Waals surface area contributed by atoms with E-state index in [0.29, 0.717) is 6.54 Å². The molecule has 0 bridgehead atoms. The Hall–Kier alpha value is -2.08. The van der Waals surface area contributed by atoms with Crippen LogP contribution in [0.15, 0.2) is 41.1 Å². The van der Waals surface area contributed by atoms with Crippen LogP contribution in [-0.4, -0.2) is 15.2 Å². The molecule has 3 rings (SSSR count). The van der Waals surface area contributed by atoms with E-state index < -0.39 is 0 Å². The number of H-pyrrole nitrogens is 1. The Morgan fingerprint density at radius 2 is 2.21 bits per heavy atom. The van der Waals surface area contributed by atoms with Crippen molar-refractivity contribution in [1.29, 1.82) is 0 Å². The Kier molecular flexibility index (Phi) is 3.08. The standard InChI is InChI=1S/C13H12BrN5/c14-8-5-10-11(15)1-2-12(13(10)17-6-8)16-7-9-3-4-18-19-9/h1-6,16H,7,15H2,(H,18,19). The van der Waals surface area contributed by atoms with Crippen molar-refractivity contribution in [1.82, 2.24) is 15.2 Å². The van der Waals surface area contributed by atoms with E-state index in [1.165, 1.54) is 0 Å². The van der Waals surface area contributed by atoms with E-state index in [0.717, 1.165) is 32.4 Å². The molecule has 0 spiro atoms. The minimum Gasteiger partial charge on any atom is -0.398 e. The van der Waals surface area contributed by atoms with Gasteiger partial charge in [-0.05, 0) is 40.2 Å². The van der Waals surface area contributed by atoms with Gasteiger partial charge < -0.3 is 11.1 Å². The molecule has 0 radical (unpaired) electrons. The number of nitrogen functional groups attached to an aromatic ring is 1. The average molecular weight is 318 g/mol. The highest BCUT2D eigenvalue weighted by atomic mass is 79.9. The summed E-state index contributed by atoms with van der Waals surface area (Å²) in [6, 6.07) is 7.72. The van der Waals surface area contributed by atoms with Gasteiger partial charge in [0.2, 0.25) is 0 Å². The summed E-state index contributed by atoms with van der Waals surface area (Å²) in [6.07, 6.45) is 3.50. The van der Waals surface area contributed by atoms with Crippen LogP contribution in [0.1, 0.15) is 5.69 Å². The molecule has 2 heterocycles. The highest BCUT2D eigenvalue weighted by Gasteiger charge is 2.06. The van der Waals surface area contributed by atoms with Crippen molar-refractivity contribution in [2.24, 2.45) is 0 Å². The van der Waals surface area contributed by atoms with Crippen molar-refractivity contribution in [2.45, 2.75) is 6.54 Å². The largest absolute Gasteiger partial charge is 0.398 e. The Balaban J connectivity index is 1.97. The number of hydrogen-bond donors (Lipinski definition) is 3. The SMILES string of the molecule is Nc1ccc(NCc2ccn[nH]2)c2ncc(Br)cc12. The summed E-state index contributed by atoms with van der Waals surface area (Å²) in [4.78, 5) is 4.43. The molecule has 0 atom stereocenters. The molecule has 0 amide bonds. The molecule has 6 heteroatoms. The Bertz CT molecular complexity index is 708. The van der Waals surface area contributed by atoms with Gasteiger partial charge in [0, 0.05) is 27.9 Å². The highest BCUT2D eigenvalue weighted by Crippen LogP contribution is 2.28. The molecule has 0 saturated carbocycles. The van der Waals surface area contributed by atoms with Gasteiger partial charge in [-0.25, -0.2) is 0 Å². The van der Waals surface area contributed by atoms with Gasteiger partial charge >= 0.3 is 0 Å². The summed E-state index contributed by atoms with van der Waals surface area (Å²) in [5.74, 6) is 0. The molecule has 0 saturated heterocycles. The van der Waals surface area contributed by atoms with Crippen LogP contribution in [0.25, 0.3) is 10.9 Å². The lowest BCUT2D eigenvalue weighted by Gasteiger charge is -2.10. The molecule has 3 aromatic rings. The first-order valence-electron chi connectivity index (χ1n) is 5.80. The highest BCUT2D eigenvalue weighted by molar-refractivity contribution is 9.10. The number of nitrogens with one attached hydrogen (secondary N) is 2. The van der Waals surface area contributed by atoms with E-state index in [1.807, 2.05) is 24.3 Å². The number of hydrogen-bond acceptors (Lipinski definition) is 4. The number of halogens is 1. The fourth-order valence-corrected chi connectivity index (χ4v) is 2.26. The van der Waals surface area contributed by atoms with Crippen molar-refractivity contribution in [3.8, 4) is 0 Å². The molecule has 96 valence electrons. The zero-order valence-electron chi connectivity index (χ0n) is 10.0. The zero-order valence-corrected chi connectivity index (χ0v) is 11.6. The second-order valence-corrected chi connectivity index (χ2v) is 5.10. The molecule has 0 aliphatic rings. The molecular formula is C13H12BrN5. The normalized spacial score (nSPS) is 10.8. The Morgan fingerprint density at radius 1 is 1.32 bits per heavy atom. The quantitative estimate of drug-likeness (QED) is 0.649. The van der Waals surface area contributed by atoms with Gasteiger partial charge in [-0.2, -0.15) is 5.10 Å². The van der Waals surface area contributed by atoms with Crippen molar-refractivity contribution in [2.75, 3.05) is 11.1 Å². The molecule has 1 aromatic carbocycles. The number of anilines is 2. The van der Waals surface area contributed by atoms with Crippen LogP contribution in [0, 0.1) is 0 Å². The molecule has 4 N–H and O–H groups in total. The minimum absolute atomic E-state index is 0.663. The lowest BCUT2D eigenvalue weighted by molar-refractivity contribution is 0.982. The van der Waals surface area contributed by atoms with E-state index in [2.05, 4.69) is 36.4 Å². The Labute approximate surface area is 118 Å². The summed E-state index contributed by atoms with van der Waals surface area (Å²) < 4.78 is 0.914. The van der Waals surface area contributed by atoms with Crippen LogP contribution in [0.5, 0.6) is 0 Å². The summed E-state index contributed by atoms with van der Waals surface area (Å²) in [5.41, 5.74) is 9.53. The number of benzene rings is 1. The summed E-state index contributed by atoms with van der Waals surface area (Å²) in [5, 5.41) is 11.1. The summed E-state index contributed by atoms with van der Waals surface area (Å²) in [7, 11) is 0. The van der Waals surface area contributed by atoms with Gasteiger partial charge in [0.25, 0.3) is 0 Å². The van der Waals surface area contributed by atoms with E-state index in [9.17, 15) is 0 Å². The second kappa shape index (κ2) is 4.89. The van der Waals surface area contributed by atoms with Gasteiger partial charge in [-0.1, -0.05) is 0 Å². The average Bonchev–Trinajstić information content (AvgIpc) is 2.92. The van der Waals surface area contributed by atoms with Crippen molar-refractivity contribution in [3.05, 3.63) is 46.8 Å². The minimum atomic E-state index is 0.663. The number of fused-ring (bicyclic) bond motifs is 1. The number of aromatic amines is 1. The molecular weight excluding hydrogens is 306 g/mol. The molecule has 0 aliphatic carbocycles. The second-order valence-electron chi connectivity index (χ2n) is 4.19. The van der Waals surface area contributed by atoms with Crippen LogP contribution < -0.4 is 11.1 Å². The van der Waals surface area contributed by atoms with Gasteiger partial charge in [0.05, 0.1) is 23.4 Å². The predicted molar refractivity (Wildman–Crippen MR) is 79.8 cm³/mol. The van der Waals surface area contributed by atoms with Crippen molar-refractivity contribution >= 4 is 38.2 Å². The molecule has 0 fully saturated rings. The first-order chi connectivity index (χ1) is 9.24. The Morgan fingerprint density at radius 3 is 3.00 bits per heavy atom. The van der Waals surface area contributed by atoms with Crippen LogP contribution in [-0.2, 0) is 6.54 Å². The van der Waals surface area contributed by atoms with Crippen molar-refractivity contribution in [3.63, 3.8) is 0 Å². The van der Waals surface area contributed by atoms with Crippen molar-refractivity contribution < 1.29 is 0 Å². The maximum atomic E-state index is 5.98. The van der Waals surface area contributed by atoms with E-state index in [1.54, 1.807) is 12.4 Å². The predicted octanol–water partition coefficient (Wildman–Crippen LogP) is 2.91. The molecule has 0 unspecified atom stereocenters. The number of rotatable bonds is 3. The number of aromatic nitrogens is 3. The monoisotopic (exact) mass is 317 g/mol. The number of nitrogens with zero attached hydrogens (tertiary/aromatic N) is 2. The molecule has 19 heavy (non-hydrogen) atoms. The zero-order chi connectivity index (χ0) is 13.2. The lowest BCUT2D eigenvalue weighted by atomic mass is 10.1. The van der Waals surface area contributed by atoms with E-state index >= 15 is 0 Å². The third-order valence-electron chi connectivity index (χ3n) is 2.88. The van der Waals surface area contributed by atoms with Gasteiger partial charge in [0.1, 0.15) is 0 Å². The van der Waals surface area contributed by atoms with Crippen LogP contribution in [0.4, 0.5) is 11.4 Å². The van der Waals surface area contributed by atoms with E-state index in [-0.39, 0.29) is 0 Å². The van der Waals surface area contributed by atoms with Crippen LogP contribution >= 0.6 is 15.9 Å². The van der Waals surface area contributed by atoms with Gasteiger partial charge in [-0.3, -0.25) is 10.1 Å². The molecule has 0 aliphatic heterocycles.